The van der Waals surface area contributed by atoms with Gasteiger partial charge in [-0.05, 0) is 37.5 Å². The molecule has 0 saturated heterocycles. The second kappa shape index (κ2) is 9.74. The van der Waals surface area contributed by atoms with Crippen molar-refractivity contribution in [2.45, 2.75) is 32.9 Å². The highest BCUT2D eigenvalue weighted by molar-refractivity contribution is 5.49. The molecule has 0 bridgehead atoms. The zero-order chi connectivity index (χ0) is 19.8. The highest BCUT2D eigenvalue weighted by Gasteiger charge is 2.13. The molecule has 146 valence electrons. The van der Waals surface area contributed by atoms with Crippen LogP contribution >= 0.6 is 0 Å². The van der Waals surface area contributed by atoms with Gasteiger partial charge in [0.25, 0.3) is 0 Å². The number of hydrogen-bond acceptors (Lipinski definition) is 5. The molecule has 0 aliphatic heterocycles. The molecule has 0 fully saturated rings. The number of rotatable bonds is 9. The maximum atomic E-state index is 5.42. The summed E-state index contributed by atoms with van der Waals surface area (Å²) in [6.07, 6.45) is 2.49. The van der Waals surface area contributed by atoms with Crippen molar-refractivity contribution in [3.05, 3.63) is 78.1 Å². The number of benzene rings is 2. The fraction of sp³-hybridized carbons (Fsp3) is 0.304. The minimum Gasteiger partial charge on any atom is -0.496 e. The van der Waals surface area contributed by atoms with Gasteiger partial charge in [0.15, 0.2) is 0 Å². The van der Waals surface area contributed by atoms with E-state index in [2.05, 4.69) is 64.4 Å². The van der Waals surface area contributed by atoms with E-state index >= 15 is 0 Å². The number of para-hydroxylation sites is 1. The first-order chi connectivity index (χ1) is 13.7. The first-order valence-corrected chi connectivity index (χ1v) is 9.65. The van der Waals surface area contributed by atoms with Crippen molar-refractivity contribution in [2.24, 2.45) is 0 Å². The summed E-state index contributed by atoms with van der Waals surface area (Å²) < 4.78 is 5.42. The summed E-state index contributed by atoms with van der Waals surface area (Å²) in [7, 11) is 1.70. The molecule has 3 rings (SSSR count). The first-order valence-electron chi connectivity index (χ1n) is 9.65. The molecule has 1 N–H and O–H groups in total. The predicted molar refractivity (Wildman–Crippen MR) is 115 cm³/mol. The summed E-state index contributed by atoms with van der Waals surface area (Å²) >= 11 is 0. The summed E-state index contributed by atoms with van der Waals surface area (Å²) in [5.74, 6) is 2.67. The molecule has 1 heterocycles. The quantitative estimate of drug-likeness (QED) is 0.593. The third kappa shape index (κ3) is 5.22. The van der Waals surface area contributed by atoms with E-state index in [0.717, 1.165) is 36.9 Å². The molecule has 0 saturated carbocycles. The van der Waals surface area contributed by atoms with Crippen LogP contribution in [0.25, 0.3) is 0 Å². The van der Waals surface area contributed by atoms with E-state index in [-0.39, 0.29) is 0 Å². The van der Waals surface area contributed by atoms with Crippen LogP contribution in [-0.2, 0) is 13.0 Å². The lowest BCUT2D eigenvalue weighted by molar-refractivity contribution is 0.410. The minimum atomic E-state index is 0.330. The monoisotopic (exact) mass is 376 g/mol. The Morgan fingerprint density at radius 3 is 2.50 bits per heavy atom. The number of ether oxygens (including phenoxy) is 1. The van der Waals surface area contributed by atoms with Gasteiger partial charge in [-0.1, -0.05) is 48.5 Å². The van der Waals surface area contributed by atoms with Crippen molar-refractivity contribution in [1.82, 2.24) is 9.97 Å². The number of anilines is 2. The third-order valence-electron chi connectivity index (χ3n) is 4.66. The number of nitrogens with one attached hydrogen (secondary N) is 1. The van der Waals surface area contributed by atoms with Gasteiger partial charge < -0.3 is 15.0 Å². The Balaban J connectivity index is 1.66. The number of hydrogen-bond donors (Lipinski definition) is 1. The molecular weight excluding hydrogens is 348 g/mol. The SMILES string of the molecule is COc1ccccc1CCNc1cc(N(Cc2ccccc2)C(C)C)ncn1. The van der Waals surface area contributed by atoms with E-state index in [4.69, 9.17) is 4.74 Å². The summed E-state index contributed by atoms with van der Waals surface area (Å²) in [5, 5.41) is 3.41. The first kappa shape index (κ1) is 19.7. The standard InChI is InChI=1S/C23H28N4O/c1-18(2)27(16-19-9-5-4-6-10-19)23-15-22(25-17-26-23)24-14-13-20-11-7-8-12-21(20)28-3/h4-12,15,17-18H,13-14,16H2,1-3H3,(H,24,25,26). The zero-order valence-electron chi connectivity index (χ0n) is 16.8. The molecule has 5 nitrogen and oxygen atoms in total. The molecule has 2 aromatic carbocycles. The van der Waals surface area contributed by atoms with Gasteiger partial charge in [-0.25, -0.2) is 9.97 Å². The van der Waals surface area contributed by atoms with Crippen LogP contribution < -0.4 is 15.0 Å². The van der Waals surface area contributed by atoms with E-state index in [1.54, 1.807) is 13.4 Å². The lowest BCUT2D eigenvalue weighted by atomic mass is 10.1. The molecule has 0 atom stereocenters. The van der Waals surface area contributed by atoms with Gasteiger partial charge in [-0.3, -0.25) is 0 Å². The Hall–Kier alpha value is -3.08. The second-order valence-corrected chi connectivity index (χ2v) is 6.96. The predicted octanol–water partition coefficient (Wildman–Crippen LogP) is 4.55. The van der Waals surface area contributed by atoms with E-state index in [9.17, 15) is 0 Å². The molecule has 0 aliphatic carbocycles. The van der Waals surface area contributed by atoms with Gasteiger partial charge in [-0.2, -0.15) is 0 Å². The van der Waals surface area contributed by atoms with Crippen molar-refractivity contribution < 1.29 is 4.74 Å². The molecule has 5 heteroatoms. The topological polar surface area (TPSA) is 50.3 Å². The number of methoxy groups -OCH3 is 1. The maximum absolute atomic E-state index is 5.42. The maximum Gasteiger partial charge on any atom is 0.134 e. The van der Waals surface area contributed by atoms with Crippen LogP contribution in [-0.4, -0.2) is 29.7 Å². The summed E-state index contributed by atoms with van der Waals surface area (Å²) in [5.41, 5.74) is 2.44. The van der Waals surface area contributed by atoms with Crippen LogP contribution in [0.1, 0.15) is 25.0 Å². The van der Waals surface area contributed by atoms with E-state index in [0.29, 0.717) is 6.04 Å². The highest BCUT2D eigenvalue weighted by atomic mass is 16.5. The summed E-state index contributed by atoms with van der Waals surface area (Å²) in [4.78, 5) is 11.2. The summed E-state index contributed by atoms with van der Waals surface area (Å²) in [6, 6.07) is 20.9. The molecule has 1 aromatic heterocycles. The van der Waals surface area contributed by atoms with Crippen LogP contribution in [0.5, 0.6) is 5.75 Å². The van der Waals surface area contributed by atoms with E-state index in [1.165, 1.54) is 11.1 Å². The largest absolute Gasteiger partial charge is 0.496 e. The van der Waals surface area contributed by atoms with Gasteiger partial charge in [0.1, 0.15) is 23.7 Å². The molecule has 0 radical (unpaired) electrons. The molecular formula is C23H28N4O. The van der Waals surface area contributed by atoms with E-state index in [1.807, 2.05) is 30.3 Å². The van der Waals surface area contributed by atoms with Crippen LogP contribution in [0.2, 0.25) is 0 Å². The van der Waals surface area contributed by atoms with Crippen LogP contribution in [0, 0.1) is 0 Å². The Labute approximate surface area is 167 Å². The average molecular weight is 377 g/mol. The molecule has 0 aliphatic rings. The Bertz CT molecular complexity index is 867. The van der Waals surface area contributed by atoms with Gasteiger partial charge in [0, 0.05) is 25.2 Å². The van der Waals surface area contributed by atoms with Crippen molar-refractivity contribution in [2.75, 3.05) is 23.9 Å². The van der Waals surface area contributed by atoms with Crippen molar-refractivity contribution in [1.29, 1.82) is 0 Å². The Kier molecular flexibility index (Phi) is 6.84. The lowest BCUT2D eigenvalue weighted by Crippen LogP contribution is -2.31. The normalized spacial score (nSPS) is 10.7. The van der Waals surface area contributed by atoms with Crippen molar-refractivity contribution in [3.63, 3.8) is 0 Å². The van der Waals surface area contributed by atoms with Crippen molar-refractivity contribution in [3.8, 4) is 5.75 Å². The second-order valence-electron chi connectivity index (χ2n) is 6.96. The van der Waals surface area contributed by atoms with Crippen LogP contribution in [0.3, 0.4) is 0 Å². The number of nitrogens with zero attached hydrogens (tertiary/aromatic N) is 3. The molecule has 28 heavy (non-hydrogen) atoms. The molecule has 3 aromatic rings. The van der Waals surface area contributed by atoms with Gasteiger partial charge in [0.05, 0.1) is 7.11 Å². The number of aromatic nitrogens is 2. The van der Waals surface area contributed by atoms with Gasteiger partial charge in [-0.15, -0.1) is 0 Å². The summed E-state index contributed by atoms with van der Waals surface area (Å²) in [6.45, 7) is 5.95. The van der Waals surface area contributed by atoms with Crippen LogP contribution in [0.4, 0.5) is 11.6 Å². The fourth-order valence-electron chi connectivity index (χ4n) is 3.14. The fourth-order valence-corrected chi connectivity index (χ4v) is 3.14. The lowest BCUT2D eigenvalue weighted by Gasteiger charge is -2.28. The highest BCUT2D eigenvalue weighted by Crippen LogP contribution is 2.21. The smallest absolute Gasteiger partial charge is 0.134 e. The molecule has 0 unspecified atom stereocenters. The van der Waals surface area contributed by atoms with Gasteiger partial charge in [0.2, 0.25) is 0 Å². The Morgan fingerprint density at radius 2 is 1.75 bits per heavy atom. The van der Waals surface area contributed by atoms with E-state index < -0.39 is 0 Å². The van der Waals surface area contributed by atoms with Crippen molar-refractivity contribution >= 4 is 11.6 Å². The average Bonchev–Trinajstić information content (AvgIpc) is 2.73. The molecule has 0 amide bonds. The van der Waals surface area contributed by atoms with Crippen LogP contribution in [0.15, 0.2) is 67.0 Å². The molecule has 0 spiro atoms. The van der Waals surface area contributed by atoms with Gasteiger partial charge >= 0.3 is 0 Å². The Morgan fingerprint density at radius 1 is 1.00 bits per heavy atom. The minimum absolute atomic E-state index is 0.330. The zero-order valence-corrected chi connectivity index (χ0v) is 16.8. The third-order valence-corrected chi connectivity index (χ3v) is 4.66.